The fraction of sp³-hybridized carbons (Fsp3) is 0.440. The first-order valence-corrected chi connectivity index (χ1v) is 11.3. The second kappa shape index (κ2) is 12.6. The van der Waals surface area contributed by atoms with Gasteiger partial charge in [0, 0.05) is 12.6 Å². The van der Waals surface area contributed by atoms with Gasteiger partial charge in [-0.25, -0.2) is 9.78 Å². The van der Waals surface area contributed by atoms with Gasteiger partial charge in [0.2, 0.25) is 5.91 Å². The summed E-state index contributed by atoms with van der Waals surface area (Å²) in [5.74, 6) is 0.627. The molecule has 7 nitrogen and oxygen atoms in total. The van der Waals surface area contributed by atoms with Crippen LogP contribution in [0.5, 0.6) is 0 Å². The van der Waals surface area contributed by atoms with E-state index < -0.39 is 12.0 Å². The maximum atomic E-state index is 13.0. The second-order valence-electron chi connectivity index (χ2n) is 8.15. The van der Waals surface area contributed by atoms with Crippen LogP contribution in [0.3, 0.4) is 0 Å². The van der Waals surface area contributed by atoms with E-state index in [1.807, 2.05) is 18.2 Å². The third kappa shape index (κ3) is 7.80. The number of nitrogens with zero attached hydrogens (tertiary/aromatic N) is 2. The predicted molar refractivity (Wildman–Crippen MR) is 125 cm³/mol. The van der Waals surface area contributed by atoms with Gasteiger partial charge in [0.25, 0.3) is 0 Å². The van der Waals surface area contributed by atoms with Crippen molar-refractivity contribution >= 4 is 23.8 Å². The summed E-state index contributed by atoms with van der Waals surface area (Å²) < 4.78 is 4.57. The Labute approximate surface area is 189 Å². The molecule has 1 amide bonds. The van der Waals surface area contributed by atoms with E-state index in [9.17, 15) is 9.59 Å². The second-order valence-corrected chi connectivity index (χ2v) is 8.15. The summed E-state index contributed by atoms with van der Waals surface area (Å²) in [6.07, 6.45) is 13.6. The summed E-state index contributed by atoms with van der Waals surface area (Å²) in [6, 6.07) is 9.73. The van der Waals surface area contributed by atoms with E-state index in [1.165, 1.54) is 56.9 Å². The lowest BCUT2D eigenvalue weighted by Gasteiger charge is -2.24. The lowest BCUT2D eigenvalue weighted by Crippen LogP contribution is -2.42. The SMILES string of the molecule is COC(=O)C=Cc1cnc(N[C@H](CCc2ccccc2)C(=O)NCC2CCCCC2)cn1. The van der Waals surface area contributed by atoms with Crippen LogP contribution in [0, 0.1) is 5.92 Å². The first-order valence-electron chi connectivity index (χ1n) is 11.3. The van der Waals surface area contributed by atoms with Gasteiger partial charge in [-0.2, -0.15) is 0 Å². The minimum absolute atomic E-state index is 0.0111. The monoisotopic (exact) mass is 436 g/mol. The van der Waals surface area contributed by atoms with Gasteiger partial charge in [0.15, 0.2) is 0 Å². The summed E-state index contributed by atoms with van der Waals surface area (Å²) in [5, 5.41) is 6.39. The number of ether oxygens (including phenoxy) is 1. The van der Waals surface area contributed by atoms with Crippen molar-refractivity contribution in [3.05, 3.63) is 60.1 Å². The van der Waals surface area contributed by atoms with E-state index in [4.69, 9.17) is 0 Å². The number of hydrogen-bond acceptors (Lipinski definition) is 6. The van der Waals surface area contributed by atoms with Gasteiger partial charge in [0.1, 0.15) is 11.9 Å². The molecule has 1 heterocycles. The quantitative estimate of drug-likeness (QED) is 0.435. The van der Waals surface area contributed by atoms with Crippen molar-refractivity contribution in [3.8, 4) is 0 Å². The highest BCUT2D eigenvalue weighted by Gasteiger charge is 2.21. The molecular formula is C25H32N4O3. The number of rotatable bonds is 10. The minimum atomic E-state index is -0.454. The number of carbonyl (C=O) groups is 2. The topological polar surface area (TPSA) is 93.2 Å². The molecule has 1 saturated carbocycles. The molecule has 2 aromatic rings. The number of amides is 1. The van der Waals surface area contributed by atoms with Gasteiger partial charge in [-0.3, -0.25) is 9.78 Å². The number of esters is 1. The molecule has 1 fully saturated rings. The van der Waals surface area contributed by atoms with Crippen LogP contribution in [-0.2, 0) is 20.7 Å². The number of methoxy groups -OCH3 is 1. The van der Waals surface area contributed by atoms with Crippen LogP contribution in [0.1, 0.15) is 49.8 Å². The molecule has 0 spiro atoms. The van der Waals surface area contributed by atoms with Crippen LogP contribution in [0.4, 0.5) is 5.82 Å². The predicted octanol–water partition coefficient (Wildman–Crippen LogP) is 3.77. The van der Waals surface area contributed by atoms with E-state index in [2.05, 4.69) is 37.5 Å². The summed E-state index contributed by atoms with van der Waals surface area (Å²) in [4.78, 5) is 32.9. The molecule has 0 saturated heterocycles. The summed E-state index contributed by atoms with van der Waals surface area (Å²) in [6.45, 7) is 0.727. The van der Waals surface area contributed by atoms with Gasteiger partial charge < -0.3 is 15.4 Å². The molecule has 1 aliphatic carbocycles. The zero-order chi connectivity index (χ0) is 22.6. The van der Waals surface area contributed by atoms with Crippen molar-refractivity contribution in [2.45, 2.75) is 51.0 Å². The molecule has 1 aromatic carbocycles. The van der Waals surface area contributed by atoms with E-state index in [1.54, 1.807) is 12.4 Å². The summed E-state index contributed by atoms with van der Waals surface area (Å²) in [5.41, 5.74) is 1.72. The Hall–Kier alpha value is -3.22. The maximum Gasteiger partial charge on any atom is 0.330 e. The van der Waals surface area contributed by atoms with Crippen LogP contribution in [-0.4, -0.2) is 41.5 Å². The van der Waals surface area contributed by atoms with Crippen molar-refractivity contribution in [1.29, 1.82) is 0 Å². The van der Waals surface area contributed by atoms with Crippen molar-refractivity contribution in [2.24, 2.45) is 5.92 Å². The Balaban J connectivity index is 1.62. The number of anilines is 1. The number of aromatic nitrogens is 2. The third-order valence-corrected chi connectivity index (χ3v) is 5.76. The highest BCUT2D eigenvalue weighted by atomic mass is 16.5. The molecule has 1 aliphatic rings. The van der Waals surface area contributed by atoms with E-state index in [-0.39, 0.29) is 5.91 Å². The number of carbonyl (C=O) groups excluding carboxylic acids is 2. The molecule has 170 valence electrons. The normalized spacial score (nSPS) is 15.3. The Morgan fingerprint density at radius 3 is 2.59 bits per heavy atom. The Kier molecular flexibility index (Phi) is 9.22. The molecule has 0 radical (unpaired) electrons. The molecule has 32 heavy (non-hydrogen) atoms. The van der Waals surface area contributed by atoms with Crippen molar-refractivity contribution in [3.63, 3.8) is 0 Å². The smallest absolute Gasteiger partial charge is 0.330 e. The molecular weight excluding hydrogens is 404 g/mol. The zero-order valence-corrected chi connectivity index (χ0v) is 18.6. The summed E-state index contributed by atoms with van der Waals surface area (Å²) >= 11 is 0. The zero-order valence-electron chi connectivity index (χ0n) is 18.6. The molecule has 3 rings (SSSR count). The number of nitrogens with one attached hydrogen (secondary N) is 2. The number of benzene rings is 1. The third-order valence-electron chi connectivity index (χ3n) is 5.76. The molecule has 0 unspecified atom stereocenters. The molecule has 7 heteroatoms. The highest BCUT2D eigenvalue weighted by Crippen LogP contribution is 2.23. The van der Waals surface area contributed by atoms with Crippen molar-refractivity contribution in [1.82, 2.24) is 15.3 Å². The minimum Gasteiger partial charge on any atom is -0.466 e. The van der Waals surface area contributed by atoms with Crippen LogP contribution >= 0.6 is 0 Å². The van der Waals surface area contributed by atoms with E-state index in [0.29, 0.717) is 23.9 Å². The lowest BCUT2D eigenvalue weighted by atomic mass is 9.89. The van der Waals surface area contributed by atoms with Gasteiger partial charge in [-0.15, -0.1) is 0 Å². The van der Waals surface area contributed by atoms with E-state index >= 15 is 0 Å². The van der Waals surface area contributed by atoms with Gasteiger partial charge >= 0.3 is 5.97 Å². The Bertz CT molecular complexity index is 878. The largest absolute Gasteiger partial charge is 0.466 e. The lowest BCUT2D eigenvalue weighted by molar-refractivity contribution is -0.134. The average Bonchev–Trinajstić information content (AvgIpc) is 2.85. The van der Waals surface area contributed by atoms with E-state index in [0.717, 1.165) is 13.0 Å². The Morgan fingerprint density at radius 2 is 1.91 bits per heavy atom. The highest BCUT2D eigenvalue weighted by molar-refractivity contribution is 5.86. The molecule has 0 aliphatic heterocycles. The van der Waals surface area contributed by atoms with Gasteiger partial charge in [-0.05, 0) is 43.2 Å². The standard InChI is InChI=1S/C25H32N4O3/c1-32-24(30)15-13-21-17-27-23(18-26-21)29-22(14-12-19-8-4-2-5-9-19)25(31)28-16-20-10-6-3-7-11-20/h2,4-5,8-9,13,15,17-18,20,22H,3,6-7,10-12,14,16H2,1H3,(H,27,29)(H,28,31)/t22-/m1/s1. The average molecular weight is 437 g/mol. The van der Waals surface area contributed by atoms with Crippen molar-refractivity contribution in [2.75, 3.05) is 19.0 Å². The fourth-order valence-electron chi connectivity index (χ4n) is 3.88. The molecule has 1 aromatic heterocycles. The molecule has 2 N–H and O–H groups in total. The van der Waals surface area contributed by atoms with Crippen LogP contribution in [0.25, 0.3) is 6.08 Å². The van der Waals surface area contributed by atoms with Gasteiger partial charge in [0.05, 0.1) is 25.2 Å². The van der Waals surface area contributed by atoms with Crippen molar-refractivity contribution < 1.29 is 14.3 Å². The maximum absolute atomic E-state index is 13.0. The van der Waals surface area contributed by atoms with Crippen LogP contribution < -0.4 is 10.6 Å². The number of hydrogen-bond donors (Lipinski definition) is 2. The number of aryl methyl sites for hydroxylation is 1. The molecule has 1 atom stereocenters. The Morgan fingerprint density at radius 1 is 1.12 bits per heavy atom. The first-order chi connectivity index (χ1) is 15.6. The summed E-state index contributed by atoms with van der Waals surface area (Å²) in [7, 11) is 1.32. The molecule has 0 bridgehead atoms. The first kappa shape index (κ1) is 23.4. The van der Waals surface area contributed by atoms with Crippen LogP contribution in [0.2, 0.25) is 0 Å². The van der Waals surface area contributed by atoms with Crippen LogP contribution in [0.15, 0.2) is 48.8 Å². The van der Waals surface area contributed by atoms with Gasteiger partial charge in [-0.1, -0.05) is 49.6 Å². The fourth-order valence-corrected chi connectivity index (χ4v) is 3.88.